The molecule has 1 aromatic rings. The molecule has 0 unspecified atom stereocenters. The topological polar surface area (TPSA) is 119 Å². The highest BCUT2D eigenvalue weighted by Crippen LogP contribution is 2.59. The molecule has 0 radical (unpaired) electrons. The van der Waals surface area contributed by atoms with Gasteiger partial charge in [0.05, 0.1) is 24.3 Å². The normalized spacial score (nSPS) is 34.2. The Morgan fingerprint density at radius 3 is 2.47 bits per heavy atom. The molecule has 206 valence electrons. The largest absolute Gasteiger partial charge is 0.443 e. The Morgan fingerprint density at radius 2 is 1.87 bits per heavy atom. The van der Waals surface area contributed by atoms with E-state index >= 15 is 0 Å². The second kappa shape index (κ2) is 10.4. The van der Waals surface area contributed by atoms with E-state index in [1.807, 2.05) is 0 Å². The number of methoxy groups -OCH3 is 1. The van der Waals surface area contributed by atoms with E-state index in [0.29, 0.717) is 18.7 Å². The number of nitrogens with one attached hydrogen (secondary N) is 1. The third-order valence-electron chi connectivity index (χ3n) is 8.08. The number of hydrogen-bond donors (Lipinski definition) is 1. The first kappa shape index (κ1) is 26.8. The van der Waals surface area contributed by atoms with Gasteiger partial charge in [-0.15, -0.1) is 0 Å². The Balaban J connectivity index is 1.18. The van der Waals surface area contributed by atoms with Crippen molar-refractivity contribution in [1.82, 2.24) is 5.32 Å². The molecule has 10 heteroatoms. The number of anilines is 1. The van der Waals surface area contributed by atoms with Gasteiger partial charge in [0.25, 0.3) is 11.8 Å². The summed E-state index contributed by atoms with van der Waals surface area (Å²) in [5, 5.41) is 2.80. The summed E-state index contributed by atoms with van der Waals surface area (Å²) in [4.78, 5) is 37.9. The zero-order chi connectivity index (χ0) is 27.1. The lowest BCUT2D eigenvalue weighted by Crippen LogP contribution is -2.56. The first-order valence-corrected chi connectivity index (χ1v) is 13.1. The Labute approximate surface area is 222 Å². The molecule has 1 aliphatic carbocycles. The van der Waals surface area contributed by atoms with E-state index in [0.717, 1.165) is 23.3 Å². The van der Waals surface area contributed by atoms with Crippen molar-refractivity contribution in [3.05, 3.63) is 41.5 Å². The van der Waals surface area contributed by atoms with E-state index in [1.54, 1.807) is 31.4 Å². The summed E-state index contributed by atoms with van der Waals surface area (Å²) in [6.07, 6.45) is 3.23. The Hall–Kier alpha value is -2.79. The quantitative estimate of drug-likeness (QED) is 0.311. The van der Waals surface area contributed by atoms with Crippen molar-refractivity contribution in [2.24, 2.45) is 5.92 Å². The molecule has 3 heterocycles. The molecule has 4 fully saturated rings. The van der Waals surface area contributed by atoms with Crippen molar-refractivity contribution >= 4 is 23.6 Å². The van der Waals surface area contributed by atoms with E-state index in [2.05, 4.69) is 32.2 Å². The van der Waals surface area contributed by atoms with Gasteiger partial charge in [-0.2, -0.15) is 0 Å². The van der Waals surface area contributed by atoms with Crippen LogP contribution in [0.2, 0.25) is 0 Å². The molecular formula is C28H36N2O8. The summed E-state index contributed by atoms with van der Waals surface area (Å²) < 4.78 is 28.9. The molecule has 10 nitrogen and oxygen atoms in total. The zero-order valence-electron chi connectivity index (χ0n) is 22.4. The van der Waals surface area contributed by atoms with Crippen LogP contribution in [0.25, 0.3) is 0 Å². The third kappa shape index (κ3) is 5.22. The second-order valence-electron chi connectivity index (χ2n) is 11.0. The van der Waals surface area contributed by atoms with E-state index in [1.165, 1.54) is 5.57 Å². The molecular weight excluding hydrogens is 492 g/mol. The first-order valence-electron chi connectivity index (χ1n) is 13.1. The molecule has 0 bridgehead atoms. The van der Waals surface area contributed by atoms with Crippen LogP contribution in [0.15, 0.2) is 35.9 Å². The van der Waals surface area contributed by atoms with Gasteiger partial charge in [0.1, 0.15) is 36.6 Å². The van der Waals surface area contributed by atoms with Gasteiger partial charge in [-0.1, -0.05) is 23.8 Å². The minimum absolute atomic E-state index is 0.0414. The molecule has 1 N–H and O–H groups in total. The predicted molar refractivity (Wildman–Crippen MR) is 136 cm³/mol. The number of benzene rings is 1. The van der Waals surface area contributed by atoms with Crippen LogP contribution in [0.5, 0.6) is 0 Å². The smallest absolute Gasteiger partial charge is 0.407 e. The van der Waals surface area contributed by atoms with Crippen molar-refractivity contribution in [3.8, 4) is 0 Å². The predicted octanol–water partition coefficient (Wildman–Crippen LogP) is 2.88. The van der Waals surface area contributed by atoms with Gasteiger partial charge in [-0.3, -0.25) is 9.59 Å². The molecule has 38 heavy (non-hydrogen) atoms. The number of hydrogen-bond acceptors (Lipinski definition) is 8. The van der Waals surface area contributed by atoms with Crippen molar-refractivity contribution in [3.63, 3.8) is 0 Å². The monoisotopic (exact) mass is 528 g/mol. The Morgan fingerprint density at radius 1 is 1.18 bits per heavy atom. The van der Waals surface area contributed by atoms with Crippen LogP contribution in [0.3, 0.4) is 0 Å². The summed E-state index contributed by atoms with van der Waals surface area (Å²) in [7, 11) is 1.65. The van der Waals surface area contributed by atoms with Crippen LogP contribution in [-0.2, 0) is 39.8 Å². The standard InChI is InChI=1S/C28H36N2O8/c1-17(2)5-10-21-27(3,38-21)25-24(34-4)20(11-12-28(25)16-36-28)37-26(33)29-13-18-6-8-19(9-7-18)30-22(31)14-35-15-23(30)32/h5-9,20-21,24-25H,10-16H2,1-4H3,(H,29,33)/t20-,21-,24-,25-,27+,28+/m1/s1. The summed E-state index contributed by atoms with van der Waals surface area (Å²) in [6, 6.07) is 6.86. The van der Waals surface area contributed by atoms with E-state index in [9.17, 15) is 14.4 Å². The molecule has 4 aliphatic rings. The summed E-state index contributed by atoms with van der Waals surface area (Å²) >= 11 is 0. The number of carbonyl (C=O) groups excluding carboxylic acids is 3. The SMILES string of the molecule is CO[C@@H]1[C@H](OC(=O)NCc2ccc(N3C(=O)COCC3=O)cc2)CC[C@]2(CO2)[C@H]1[C@@]1(C)O[C@@H]1CC=C(C)C. The van der Waals surface area contributed by atoms with Gasteiger partial charge >= 0.3 is 6.09 Å². The molecule has 1 spiro atoms. The Kier molecular flexibility index (Phi) is 7.34. The minimum atomic E-state index is -0.533. The number of carbonyl (C=O) groups is 3. The van der Waals surface area contributed by atoms with Gasteiger partial charge in [0, 0.05) is 13.7 Å². The number of allylic oxidation sites excluding steroid dienone is 1. The number of alkyl carbamates (subject to hydrolysis) is 1. The summed E-state index contributed by atoms with van der Waals surface area (Å²) in [5.74, 6) is -0.845. The maximum atomic E-state index is 12.8. The molecule has 3 saturated heterocycles. The fraction of sp³-hybridized carbons (Fsp3) is 0.607. The third-order valence-corrected chi connectivity index (χ3v) is 8.08. The number of ether oxygens (including phenoxy) is 5. The number of amides is 3. The van der Waals surface area contributed by atoms with Gasteiger partial charge in [-0.05, 0) is 57.7 Å². The zero-order valence-corrected chi connectivity index (χ0v) is 22.4. The highest BCUT2D eigenvalue weighted by molar-refractivity contribution is 6.16. The van der Waals surface area contributed by atoms with Crippen molar-refractivity contribution in [2.75, 3.05) is 31.8 Å². The number of rotatable bonds is 8. The fourth-order valence-corrected chi connectivity index (χ4v) is 5.97. The maximum absolute atomic E-state index is 12.8. The van der Waals surface area contributed by atoms with Gasteiger partial charge in [0.15, 0.2) is 0 Å². The highest BCUT2D eigenvalue weighted by atomic mass is 16.6. The van der Waals surface area contributed by atoms with E-state index < -0.39 is 29.6 Å². The number of epoxide rings is 2. The van der Waals surface area contributed by atoms with Gasteiger partial charge in [-0.25, -0.2) is 9.69 Å². The lowest BCUT2D eigenvalue weighted by atomic mass is 9.68. The van der Waals surface area contributed by atoms with Crippen molar-refractivity contribution < 1.29 is 38.1 Å². The van der Waals surface area contributed by atoms with Crippen molar-refractivity contribution in [1.29, 1.82) is 0 Å². The lowest BCUT2D eigenvalue weighted by Gasteiger charge is -2.42. The van der Waals surface area contributed by atoms with Gasteiger partial charge in [0.2, 0.25) is 0 Å². The molecule has 5 rings (SSSR count). The molecule has 3 amide bonds. The molecule has 3 aliphatic heterocycles. The molecule has 1 aromatic carbocycles. The minimum Gasteiger partial charge on any atom is -0.443 e. The molecule has 1 saturated carbocycles. The maximum Gasteiger partial charge on any atom is 0.407 e. The number of nitrogens with zero attached hydrogens (tertiary/aromatic N) is 1. The highest BCUT2D eigenvalue weighted by Gasteiger charge is 2.72. The van der Waals surface area contributed by atoms with Crippen LogP contribution in [-0.4, -0.2) is 74.4 Å². The summed E-state index contributed by atoms with van der Waals surface area (Å²) in [5.41, 5.74) is 1.85. The first-order chi connectivity index (χ1) is 18.2. The van der Waals surface area contributed by atoms with Crippen LogP contribution in [0, 0.1) is 5.92 Å². The summed E-state index contributed by atoms with van der Waals surface area (Å²) in [6.45, 7) is 6.92. The average molecular weight is 529 g/mol. The lowest BCUT2D eigenvalue weighted by molar-refractivity contribution is -0.138. The number of morpholine rings is 1. The second-order valence-corrected chi connectivity index (χ2v) is 11.0. The molecule has 0 aromatic heterocycles. The Bertz CT molecular complexity index is 1090. The van der Waals surface area contributed by atoms with Crippen LogP contribution in [0.1, 0.15) is 45.6 Å². The molecule has 6 atom stereocenters. The van der Waals surface area contributed by atoms with Crippen molar-refractivity contribution in [2.45, 2.75) is 76.1 Å². The fourth-order valence-electron chi connectivity index (χ4n) is 5.97. The van der Waals surface area contributed by atoms with Crippen LogP contribution in [0.4, 0.5) is 10.5 Å². The van der Waals surface area contributed by atoms with E-state index in [-0.39, 0.29) is 43.5 Å². The average Bonchev–Trinajstić information content (AvgIpc) is 3.80. The van der Waals surface area contributed by atoms with Crippen LogP contribution < -0.4 is 10.2 Å². The van der Waals surface area contributed by atoms with E-state index in [4.69, 9.17) is 23.7 Å². The number of imide groups is 1. The van der Waals surface area contributed by atoms with Crippen LogP contribution >= 0.6 is 0 Å². The van der Waals surface area contributed by atoms with Gasteiger partial charge < -0.3 is 29.0 Å².